The minimum absolute atomic E-state index is 1.04. The van der Waals surface area contributed by atoms with Crippen molar-refractivity contribution >= 4 is 106 Å². The Morgan fingerprint density at radius 1 is 0.195 bits per heavy atom. The average molecular weight is 1070 g/mol. The van der Waals surface area contributed by atoms with Gasteiger partial charge >= 0.3 is 0 Å². The largest absolute Gasteiger partial charge is 0.311 e. The van der Waals surface area contributed by atoms with Crippen molar-refractivity contribution in [2.24, 2.45) is 0 Å². The summed E-state index contributed by atoms with van der Waals surface area (Å²) in [5.74, 6) is 0. The lowest BCUT2D eigenvalue weighted by atomic mass is 10.1. The third kappa shape index (κ3) is 8.75. The van der Waals surface area contributed by atoms with Crippen LogP contribution in [0.4, 0.5) is 51.2 Å². The number of hydrogen-bond donors (Lipinski definition) is 0. The van der Waals surface area contributed by atoms with Gasteiger partial charge in [0.2, 0.25) is 0 Å². The molecule has 82 heavy (non-hydrogen) atoms. The van der Waals surface area contributed by atoms with E-state index < -0.39 is 0 Å². The van der Waals surface area contributed by atoms with Crippen LogP contribution >= 0.6 is 11.3 Å². The predicted molar refractivity (Wildman–Crippen MR) is 348 cm³/mol. The molecule has 388 valence electrons. The van der Waals surface area contributed by atoms with Crippen LogP contribution in [0.2, 0.25) is 0 Å². The van der Waals surface area contributed by atoms with Gasteiger partial charge in [-0.3, -0.25) is 0 Å². The quantitative estimate of drug-likeness (QED) is 0.115. The second-order valence-corrected chi connectivity index (χ2v) is 21.6. The van der Waals surface area contributed by atoms with E-state index in [-0.39, 0.29) is 0 Å². The molecule has 0 aliphatic carbocycles. The fraction of sp³-hybridized carbons (Fsp3) is 0. The Hall–Kier alpha value is -10.7. The number of aromatic nitrogens is 2. The Balaban J connectivity index is 0.794. The standard InChI is InChI=1S/C76H53N5S/c1-4-18-54(19-5-1)75-52-53-76(82-75)55-32-34-58(35-33-55)79(63-40-36-59(37-41-63)77(56-20-6-2-7-21-56)61-44-48-65(49-45-61)80-71-28-14-10-24-67(71)68-25-11-15-29-72(68)80)64-42-38-60(39-43-64)78(57-22-8-3-9-23-57)62-46-50-66(51-47-62)81-73-30-16-12-26-69(73)70-27-13-17-31-74(70)81/h1-53H. The lowest BCUT2D eigenvalue weighted by Gasteiger charge is -2.29. The molecule has 0 spiro atoms. The Morgan fingerprint density at radius 2 is 0.427 bits per heavy atom. The smallest absolute Gasteiger partial charge is 0.0541 e. The molecule has 15 rings (SSSR count). The molecule has 0 aliphatic heterocycles. The lowest BCUT2D eigenvalue weighted by Crippen LogP contribution is -2.13. The highest BCUT2D eigenvalue weighted by molar-refractivity contribution is 7.18. The van der Waals surface area contributed by atoms with Crippen LogP contribution in [0.3, 0.4) is 0 Å². The summed E-state index contributed by atoms with van der Waals surface area (Å²) in [6, 6.07) is 116. The number of thiophene rings is 1. The summed E-state index contributed by atoms with van der Waals surface area (Å²) < 4.78 is 4.74. The van der Waals surface area contributed by atoms with Gasteiger partial charge in [-0.2, -0.15) is 0 Å². The number of para-hydroxylation sites is 6. The highest BCUT2D eigenvalue weighted by atomic mass is 32.1. The van der Waals surface area contributed by atoms with E-state index in [0.29, 0.717) is 0 Å². The highest BCUT2D eigenvalue weighted by Gasteiger charge is 2.21. The monoisotopic (exact) mass is 1070 g/mol. The van der Waals surface area contributed by atoms with E-state index in [2.05, 4.69) is 345 Å². The van der Waals surface area contributed by atoms with E-state index in [9.17, 15) is 0 Å². The van der Waals surface area contributed by atoms with E-state index >= 15 is 0 Å². The van der Waals surface area contributed by atoms with Gasteiger partial charge in [-0.15, -0.1) is 11.3 Å². The Kier molecular flexibility index (Phi) is 12.3. The van der Waals surface area contributed by atoms with Gasteiger partial charge in [0.05, 0.1) is 22.1 Å². The zero-order valence-corrected chi connectivity index (χ0v) is 45.6. The van der Waals surface area contributed by atoms with E-state index in [0.717, 1.165) is 62.6 Å². The van der Waals surface area contributed by atoms with Crippen molar-refractivity contribution in [3.63, 3.8) is 0 Å². The number of nitrogens with zero attached hydrogens (tertiary/aromatic N) is 5. The number of fused-ring (bicyclic) bond motifs is 6. The van der Waals surface area contributed by atoms with Crippen molar-refractivity contribution in [1.29, 1.82) is 0 Å². The summed E-state index contributed by atoms with van der Waals surface area (Å²) in [6.07, 6.45) is 0. The number of benzene rings is 12. The Labute approximate surface area is 480 Å². The summed E-state index contributed by atoms with van der Waals surface area (Å²) in [6.45, 7) is 0. The second kappa shape index (κ2) is 20.9. The molecule has 0 bridgehead atoms. The van der Waals surface area contributed by atoms with Gasteiger partial charge in [0.25, 0.3) is 0 Å². The molecule has 6 heteroatoms. The van der Waals surface area contributed by atoms with Gasteiger partial charge in [0, 0.05) is 93.9 Å². The molecule has 0 saturated carbocycles. The first-order chi connectivity index (χ1) is 40.7. The molecule has 0 saturated heterocycles. The first kappa shape index (κ1) is 48.5. The van der Waals surface area contributed by atoms with E-state index in [1.807, 2.05) is 11.3 Å². The van der Waals surface area contributed by atoms with E-state index in [4.69, 9.17) is 0 Å². The van der Waals surface area contributed by atoms with Crippen molar-refractivity contribution in [3.8, 4) is 32.3 Å². The van der Waals surface area contributed by atoms with Gasteiger partial charge in [0.1, 0.15) is 0 Å². The lowest BCUT2D eigenvalue weighted by molar-refractivity contribution is 1.17. The SMILES string of the molecule is c1ccc(-c2ccc(-c3ccc(N(c4ccc(N(c5ccccc5)c5ccc(-n6c7ccccc7c7ccccc76)cc5)cc4)c4ccc(N(c5ccccc5)c5ccc(-n6c7ccccc7c7ccccc76)cc5)cc4)cc3)s2)cc1. The molecule has 0 fully saturated rings. The Bertz CT molecular complexity index is 4350. The van der Waals surface area contributed by atoms with Gasteiger partial charge in [-0.25, -0.2) is 0 Å². The number of rotatable bonds is 13. The maximum absolute atomic E-state index is 2.37. The maximum atomic E-state index is 2.37. The second-order valence-electron chi connectivity index (χ2n) is 20.6. The van der Waals surface area contributed by atoms with Crippen molar-refractivity contribution in [2.75, 3.05) is 14.7 Å². The minimum atomic E-state index is 1.04. The molecule has 0 radical (unpaired) electrons. The summed E-state index contributed by atoms with van der Waals surface area (Å²) in [7, 11) is 0. The molecule has 0 unspecified atom stereocenters. The summed E-state index contributed by atoms with van der Waals surface area (Å²) in [5, 5.41) is 5.00. The van der Waals surface area contributed by atoms with Crippen molar-refractivity contribution in [2.45, 2.75) is 0 Å². The molecule has 12 aromatic carbocycles. The summed E-state index contributed by atoms with van der Waals surface area (Å²) in [4.78, 5) is 9.53. The topological polar surface area (TPSA) is 19.6 Å². The van der Waals surface area contributed by atoms with Gasteiger partial charge in [0.15, 0.2) is 0 Å². The van der Waals surface area contributed by atoms with Crippen LogP contribution in [-0.4, -0.2) is 9.13 Å². The van der Waals surface area contributed by atoms with Crippen LogP contribution in [-0.2, 0) is 0 Å². The van der Waals surface area contributed by atoms with Gasteiger partial charge in [-0.05, 0) is 181 Å². The molecule has 3 aromatic heterocycles. The molecule has 0 amide bonds. The third-order valence-electron chi connectivity index (χ3n) is 15.7. The first-order valence-corrected chi connectivity index (χ1v) is 28.6. The van der Waals surface area contributed by atoms with Crippen LogP contribution in [0.15, 0.2) is 322 Å². The zero-order valence-electron chi connectivity index (χ0n) is 44.7. The molecular weight excluding hydrogens is 1010 g/mol. The van der Waals surface area contributed by atoms with Crippen LogP contribution < -0.4 is 14.7 Å². The van der Waals surface area contributed by atoms with Crippen LogP contribution in [0.1, 0.15) is 0 Å². The van der Waals surface area contributed by atoms with Crippen molar-refractivity contribution < 1.29 is 0 Å². The summed E-state index contributed by atoms with van der Waals surface area (Å²) in [5.41, 5.74) is 19.0. The average Bonchev–Trinajstić information content (AvgIpc) is 4.47. The fourth-order valence-corrected chi connectivity index (χ4v) is 12.9. The van der Waals surface area contributed by atoms with Crippen LogP contribution in [0, 0.1) is 0 Å². The van der Waals surface area contributed by atoms with Crippen molar-refractivity contribution in [1.82, 2.24) is 9.13 Å². The van der Waals surface area contributed by atoms with E-state index in [1.165, 1.54) is 64.5 Å². The van der Waals surface area contributed by atoms with Gasteiger partial charge < -0.3 is 23.8 Å². The van der Waals surface area contributed by atoms with Crippen LogP contribution in [0.25, 0.3) is 75.9 Å². The van der Waals surface area contributed by atoms with Crippen LogP contribution in [0.5, 0.6) is 0 Å². The molecule has 0 atom stereocenters. The fourth-order valence-electron chi connectivity index (χ4n) is 11.9. The third-order valence-corrected chi connectivity index (χ3v) is 16.9. The Morgan fingerprint density at radius 3 is 0.744 bits per heavy atom. The number of hydrogen-bond acceptors (Lipinski definition) is 4. The maximum Gasteiger partial charge on any atom is 0.0541 e. The zero-order chi connectivity index (χ0) is 54.3. The van der Waals surface area contributed by atoms with E-state index in [1.54, 1.807) is 0 Å². The molecule has 0 aliphatic rings. The predicted octanol–water partition coefficient (Wildman–Crippen LogP) is 21.7. The number of anilines is 9. The molecular formula is C76H53N5S. The molecule has 15 aromatic rings. The summed E-state index contributed by atoms with van der Waals surface area (Å²) >= 11 is 1.82. The highest BCUT2D eigenvalue weighted by Crippen LogP contribution is 2.44. The van der Waals surface area contributed by atoms with Gasteiger partial charge in [-0.1, -0.05) is 152 Å². The van der Waals surface area contributed by atoms with Crippen molar-refractivity contribution in [3.05, 3.63) is 322 Å². The minimum Gasteiger partial charge on any atom is -0.311 e. The molecule has 0 N–H and O–H groups in total. The first-order valence-electron chi connectivity index (χ1n) is 27.8. The molecule has 5 nitrogen and oxygen atoms in total. The molecule has 3 heterocycles. The normalized spacial score (nSPS) is 11.4.